The number of hydrogen-bond donors (Lipinski definition) is 0. The van der Waals surface area contributed by atoms with E-state index < -0.39 is 0 Å². The molecule has 1 aromatic carbocycles. The Morgan fingerprint density at radius 2 is 1.58 bits per heavy atom. The molecule has 1 aromatic rings. The lowest BCUT2D eigenvalue weighted by atomic mass is 10.0. The molecule has 0 aromatic heterocycles. The molecule has 1 atom stereocenters. The van der Waals surface area contributed by atoms with Crippen molar-refractivity contribution >= 4 is 29.2 Å². The molecule has 0 amide bonds. The summed E-state index contributed by atoms with van der Waals surface area (Å²) in [5.41, 5.74) is 0.768. The molecule has 26 heavy (non-hydrogen) atoms. The number of para-hydroxylation sites is 1. The van der Waals surface area contributed by atoms with Crippen molar-refractivity contribution in [1.82, 2.24) is 9.80 Å². The molecular weight excluding hydrogens is 365 g/mol. The fourth-order valence-electron chi connectivity index (χ4n) is 4.46. The Balaban J connectivity index is 1.32. The molecule has 3 saturated heterocycles. The smallest absolute Gasteiger partial charge is 0.146 e. The van der Waals surface area contributed by atoms with Gasteiger partial charge in [-0.1, -0.05) is 12.1 Å². The minimum absolute atomic E-state index is 0.0897. The summed E-state index contributed by atoms with van der Waals surface area (Å²) in [6.07, 6.45) is 2.65. The van der Waals surface area contributed by atoms with Crippen LogP contribution in [0.25, 0.3) is 0 Å². The van der Waals surface area contributed by atoms with Crippen LogP contribution in [0, 0.1) is 5.82 Å². The summed E-state index contributed by atoms with van der Waals surface area (Å²) < 4.78 is 14.1. The third-order valence-electron chi connectivity index (χ3n) is 5.96. The lowest BCUT2D eigenvalue weighted by molar-refractivity contribution is 0.0782. The molecule has 4 rings (SSSR count). The number of rotatable bonds is 3. The van der Waals surface area contributed by atoms with Crippen LogP contribution in [0.4, 0.5) is 10.1 Å². The standard InChI is InChI=1S/C20H30FN3S2/c21-19-5-1-2-6-20(19)23-10-8-22(9-11-23)17-4-3-7-24(14-17)18-15-25-12-13-26-16-18/h1-2,5-6,17-18H,3-4,7-16H2/t17-/m0/s1. The van der Waals surface area contributed by atoms with Crippen molar-refractivity contribution in [3.63, 3.8) is 0 Å². The van der Waals surface area contributed by atoms with E-state index in [1.54, 1.807) is 12.1 Å². The molecular formula is C20H30FN3S2. The first kappa shape index (κ1) is 18.9. The zero-order valence-electron chi connectivity index (χ0n) is 15.5. The van der Waals surface area contributed by atoms with E-state index >= 15 is 0 Å². The third-order valence-corrected chi connectivity index (χ3v) is 8.45. The van der Waals surface area contributed by atoms with Crippen molar-refractivity contribution in [2.45, 2.75) is 24.9 Å². The van der Waals surface area contributed by atoms with Crippen LogP contribution in [0.3, 0.4) is 0 Å². The highest BCUT2D eigenvalue weighted by molar-refractivity contribution is 8.03. The van der Waals surface area contributed by atoms with Crippen molar-refractivity contribution in [3.8, 4) is 0 Å². The van der Waals surface area contributed by atoms with Crippen LogP contribution in [0.1, 0.15) is 12.8 Å². The lowest BCUT2D eigenvalue weighted by Crippen LogP contribution is -2.57. The fraction of sp³-hybridized carbons (Fsp3) is 0.700. The van der Waals surface area contributed by atoms with E-state index in [1.165, 1.54) is 48.9 Å². The molecule has 3 aliphatic rings. The summed E-state index contributed by atoms with van der Waals surface area (Å²) in [5.74, 6) is 5.15. The number of hydrogen-bond acceptors (Lipinski definition) is 5. The molecule has 3 nitrogen and oxygen atoms in total. The van der Waals surface area contributed by atoms with Crippen molar-refractivity contribution in [2.75, 3.05) is 67.2 Å². The molecule has 3 fully saturated rings. The molecule has 0 spiro atoms. The molecule has 0 N–H and O–H groups in total. The van der Waals surface area contributed by atoms with Gasteiger partial charge < -0.3 is 4.90 Å². The van der Waals surface area contributed by atoms with Gasteiger partial charge in [-0.2, -0.15) is 23.5 Å². The Kier molecular flexibility index (Phi) is 6.67. The van der Waals surface area contributed by atoms with Gasteiger partial charge in [-0.3, -0.25) is 9.80 Å². The first-order valence-corrected chi connectivity index (χ1v) is 12.3. The summed E-state index contributed by atoms with van der Waals surface area (Å²) in [6, 6.07) is 8.64. The number of piperidine rings is 1. The van der Waals surface area contributed by atoms with Gasteiger partial charge in [-0.05, 0) is 31.5 Å². The molecule has 0 bridgehead atoms. The van der Waals surface area contributed by atoms with E-state index in [-0.39, 0.29) is 5.82 Å². The topological polar surface area (TPSA) is 9.72 Å². The van der Waals surface area contributed by atoms with Gasteiger partial charge in [-0.15, -0.1) is 0 Å². The molecule has 0 saturated carbocycles. The third kappa shape index (κ3) is 4.51. The zero-order valence-corrected chi connectivity index (χ0v) is 17.1. The average molecular weight is 396 g/mol. The van der Waals surface area contributed by atoms with Gasteiger partial charge in [0.05, 0.1) is 5.69 Å². The Morgan fingerprint density at radius 1 is 0.846 bits per heavy atom. The summed E-state index contributed by atoms with van der Waals surface area (Å²) in [7, 11) is 0. The maximum atomic E-state index is 14.1. The molecule has 3 aliphatic heterocycles. The lowest BCUT2D eigenvalue weighted by Gasteiger charge is -2.45. The van der Waals surface area contributed by atoms with E-state index in [0.29, 0.717) is 6.04 Å². The van der Waals surface area contributed by atoms with Gasteiger partial charge >= 0.3 is 0 Å². The van der Waals surface area contributed by atoms with Crippen LogP contribution < -0.4 is 4.90 Å². The molecule has 0 aliphatic carbocycles. The van der Waals surface area contributed by atoms with Crippen LogP contribution >= 0.6 is 23.5 Å². The fourth-order valence-corrected chi connectivity index (χ4v) is 7.09. The number of piperazine rings is 1. The SMILES string of the molecule is Fc1ccccc1N1CCN([C@H]2CCCN(C3CSCCSC3)C2)CC1. The van der Waals surface area contributed by atoms with E-state index in [9.17, 15) is 4.39 Å². The minimum atomic E-state index is -0.0897. The highest BCUT2D eigenvalue weighted by Gasteiger charge is 2.31. The molecule has 144 valence electrons. The summed E-state index contributed by atoms with van der Waals surface area (Å²) >= 11 is 4.27. The van der Waals surface area contributed by atoms with Crippen molar-refractivity contribution in [3.05, 3.63) is 30.1 Å². The minimum Gasteiger partial charge on any atom is -0.367 e. The van der Waals surface area contributed by atoms with Crippen LogP contribution in [0.5, 0.6) is 0 Å². The Bertz CT molecular complexity index is 572. The Labute approximate surface area is 165 Å². The maximum absolute atomic E-state index is 14.1. The monoisotopic (exact) mass is 395 g/mol. The largest absolute Gasteiger partial charge is 0.367 e. The number of nitrogens with zero attached hydrogens (tertiary/aromatic N) is 3. The quantitative estimate of drug-likeness (QED) is 0.775. The second kappa shape index (κ2) is 9.18. The highest BCUT2D eigenvalue weighted by Crippen LogP contribution is 2.26. The number of halogens is 1. The van der Waals surface area contributed by atoms with E-state index in [1.807, 2.05) is 12.1 Å². The van der Waals surface area contributed by atoms with Crippen molar-refractivity contribution in [1.29, 1.82) is 0 Å². The van der Waals surface area contributed by atoms with E-state index in [4.69, 9.17) is 0 Å². The summed E-state index contributed by atoms with van der Waals surface area (Å²) in [4.78, 5) is 7.65. The molecule has 0 radical (unpaired) electrons. The van der Waals surface area contributed by atoms with Crippen LogP contribution in [-0.2, 0) is 0 Å². The number of likely N-dealkylation sites (tertiary alicyclic amines) is 1. The van der Waals surface area contributed by atoms with Crippen LogP contribution in [0.15, 0.2) is 24.3 Å². The Morgan fingerprint density at radius 3 is 2.31 bits per heavy atom. The second-order valence-corrected chi connectivity index (χ2v) is 9.87. The summed E-state index contributed by atoms with van der Waals surface area (Å²) in [5, 5.41) is 0. The molecule has 6 heteroatoms. The van der Waals surface area contributed by atoms with E-state index in [2.05, 4.69) is 38.2 Å². The Hall–Kier alpha value is -0.430. The number of benzene rings is 1. The predicted octanol–water partition coefficient (Wildman–Crippen LogP) is 3.26. The maximum Gasteiger partial charge on any atom is 0.146 e. The first-order valence-electron chi connectivity index (χ1n) is 9.94. The van der Waals surface area contributed by atoms with Gasteiger partial charge in [0.1, 0.15) is 5.82 Å². The highest BCUT2D eigenvalue weighted by atomic mass is 32.2. The van der Waals surface area contributed by atoms with Gasteiger partial charge in [0.15, 0.2) is 0 Å². The molecule has 0 unspecified atom stereocenters. The molecule has 3 heterocycles. The van der Waals surface area contributed by atoms with Gasteiger partial charge in [0, 0.05) is 67.8 Å². The van der Waals surface area contributed by atoms with Gasteiger partial charge in [0.2, 0.25) is 0 Å². The van der Waals surface area contributed by atoms with Crippen LogP contribution in [0.2, 0.25) is 0 Å². The van der Waals surface area contributed by atoms with Gasteiger partial charge in [-0.25, -0.2) is 4.39 Å². The number of thioether (sulfide) groups is 2. The normalized spacial score (nSPS) is 27.4. The van der Waals surface area contributed by atoms with Crippen molar-refractivity contribution in [2.24, 2.45) is 0 Å². The van der Waals surface area contributed by atoms with E-state index in [0.717, 1.165) is 37.9 Å². The number of anilines is 1. The summed E-state index contributed by atoms with van der Waals surface area (Å²) in [6.45, 7) is 6.49. The zero-order chi connectivity index (χ0) is 17.8. The second-order valence-electron chi connectivity index (χ2n) is 7.57. The van der Waals surface area contributed by atoms with Gasteiger partial charge in [0.25, 0.3) is 0 Å². The average Bonchev–Trinajstić information content (AvgIpc) is 2.98. The predicted molar refractivity (Wildman–Crippen MR) is 113 cm³/mol. The first-order chi connectivity index (χ1) is 12.8. The van der Waals surface area contributed by atoms with Crippen molar-refractivity contribution < 1.29 is 4.39 Å². The van der Waals surface area contributed by atoms with Crippen LogP contribution in [-0.4, -0.2) is 84.2 Å².